The van der Waals surface area contributed by atoms with Gasteiger partial charge in [-0.25, -0.2) is 4.98 Å². The molecule has 4 heterocycles. The number of aromatic nitrogens is 4. The first kappa shape index (κ1) is 30.3. The molecular weight excluding hydrogens is 657 g/mol. The molecule has 4 aromatic heterocycles. The first-order valence-electron chi connectivity index (χ1n) is 18.3. The van der Waals surface area contributed by atoms with Gasteiger partial charge in [0.1, 0.15) is 5.82 Å². The molecule has 252 valence electrons. The highest BCUT2D eigenvalue weighted by Crippen LogP contribution is 2.38. The zero-order chi connectivity index (χ0) is 35.6. The molecule has 0 saturated carbocycles. The molecule has 0 atom stereocenters. The summed E-state index contributed by atoms with van der Waals surface area (Å²) in [7, 11) is 0. The van der Waals surface area contributed by atoms with Crippen molar-refractivity contribution in [3.63, 3.8) is 0 Å². The second kappa shape index (κ2) is 12.1. The topological polar surface area (TPSA) is 35.6 Å². The van der Waals surface area contributed by atoms with Gasteiger partial charge < -0.3 is 4.57 Å². The van der Waals surface area contributed by atoms with Crippen molar-refractivity contribution in [1.82, 2.24) is 19.1 Å². The van der Waals surface area contributed by atoms with E-state index in [1.165, 1.54) is 60.2 Å². The van der Waals surface area contributed by atoms with E-state index in [1.807, 2.05) is 24.4 Å². The summed E-state index contributed by atoms with van der Waals surface area (Å²) in [5.41, 5.74) is 12.1. The van der Waals surface area contributed by atoms with E-state index in [-0.39, 0.29) is 0 Å². The smallest absolute Gasteiger partial charge is 0.138 e. The van der Waals surface area contributed by atoms with E-state index in [4.69, 9.17) is 9.97 Å². The summed E-state index contributed by atoms with van der Waals surface area (Å²) in [6, 6.07) is 67.1. The number of benzene rings is 7. The predicted molar refractivity (Wildman–Crippen MR) is 225 cm³/mol. The first-order valence-corrected chi connectivity index (χ1v) is 18.3. The van der Waals surface area contributed by atoms with E-state index in [1.54, 1.807) is 0 Å². The number of rotatable bonds is 5. The van der Waals surface area contributed by atoms with Crippen LogP contribution in [0.5, 0.6) is 0 Å². The maximum absolute atomic E-state index is 5.20. The van der Waals surface area contributed by atoms with Crippen molar-refractivity contribution in [2.75, 3.05) is 0 Å². The van der Waals surface area contributed by atoms with Crippen molar-refractivity contribution in [2.24, 2.45) is 0 Å². The zero-order valence-electron chi connectivity index (χ0n) is 29.3. The Labute approximate surface area is 311 Å². The summed E-state index contributed by atoms with van der Waals surface area (Å²) in [6.45, 7) is 0. The van der Waals surface area contributed by atoms with Gasteiger partial charge in [0.2, 0.25) is 0 Å². The molecule has 54 heavy (non-hydrogen) atoms. The predicted octanol–water partition coefficient (Wildman–Crippen LogP) is 12.8. The molecule has 4 heteroatoms. The van der Waals surface area contributed by atoms with Crippen molar-refractivity contribution < 1.29 is 0 Å². The first-order chi connectivity index (χ1) is 26.8. The van der Waals surface area contributed by atoms with E-state index in [2.05, 4.69) is 179 Å². The van der Waals surface area contributed by atoms with Gasteiger partial charge in [-0.1, -0.05) is 115 Å². The lowest BCUT2D eigenvalue weighted by Gasteiger charge is -2.10. The standard InChI is InChI=1S/C50H32N4/c1-2-12-34(13-3-1)44-26-22-38(32-51-44)45-17-10-20-50(52-45)54-47-19-9-7-16-41(47)43-31-37(24-28-49(43)54)36-23-27-48-42(30-36)40-15-6-8-18-46(40)53(48)39-25-21-33-11-4-5-14-35(33)29-39/h1-32H. The molecule has 0 aliphatic heterocycles. The van der Waals surface area contributed by atoms with Crippen LogP contribution in [0.1, 0.15) is 0 Å². The van der Waals surface area contributed by atoms with Crippen molar-refractivity contribution in [1.29, 1.82) is 0 Å². The maximum Gasteiger partial charge on any atom is 0.138 e. The summed E-state index contributed by atoms with van der Waals surface area (Å²) in [4.78, 5) is 9.97. The highest BCUT2D eigenvalue weighted by molar-refractivity contribution is 6.12. The van der Waals surface area contributed by atoms with E-state index in [0.29, 0.717) is 0 Å². The Balaban J connectivity index is 1.02. The van der Waals surface area contributed by atoms with Crippen LogP contribution in [0.4, 0.5) is 0 Å². The van der Waals surface area contributed by atoms with Crippen molar-refractivity contribution in [3.05, 3.63) is 194 Å². The average Bonchev–Trinajstić information content (AvgIpc) is 3.76. The van der Waals surface area contributed by atoms with Gasteiger partial charge in [0, 0.05) is 44.6 Å². The highest BCUT2D eigenvalue weighted by Gasteiger charge is 2.17. The fraction of sp³-hybridized carbons (Fsp3) is 0. The quantitative estimate of drug-likeness (QED) is 0.180. The number of pyridine rings is 2. The molecule has 0 N–H and O–H groups in total. The third kappa shape index (κ3) is 4.85. The van der Waals surface area contributed by atoms with Crippen molar-refractivity contribution >= 4 is 54.4 Å². The zero-order valence-corrected chi connectivity index (χ0v) is 29.3. The second-order valence-corrected chi connectivity index (χ2v) is 13.9. The average molecular weight is 689 g/mol. The molecule has 0 saturated heterocycles. The summed E-state index contributed by atoms with van der Waals surface area (Å²) in [5, 5.41) is 7.37. The van der Waals surface area contributed by atoms with E-state index >= 15 is 0 Å². The van der Waals surface area contributed by atoms with Crippen LogP contribution in [0.15, 0.2) is 194 Å². The van der Waals surface area contributed by atoms with E-state index in [0.717, 1.165) is 39.4 Å². The SMILES string of the molecule is c1ccc(-c2ccc(-c3cccc(-n4c5ccccc5c5cc(-c6ccc7c(c6)c6ccccc6n7-c6ccc7ccccc7c6)ccc54)n3)cn2)cc1. The lowest BCUT2D eigenvalue weighted by Crippen LogP contribution is -1.98. The van der Waals surface area contributed by atoms with Gasteiger partial charge >= 0.3 is 0 Å². The van der Waals surface area contributed by atoms with Gasteiger partial charge in [0.25, 0.3) is 0 Å². The normalized spacial score (nSPS) is 11.7. The molecule has 11 rings (SSSR count). The van der Waals surface area contributed by atoms with Crippen LogP contribution in [-0.2, 0) is 0 Å². The molecule has 0 amide bonds. The maximum atomic E-state index is 5.20. The molecule has 7 aromatic carbocycles. The van der Waals surface area contributed by atoms with Gasteiger partial charge in [0.15, 0.2) is 0 Å². The number of hydrogen-bond donors (Lipinski definition) is 0. The summed E-state index contributed by atoms with van der Waals surface area (Å²) < 4.78 is 4.68. The Bertz CT molecular complexity index is 3210. The Hall–Kier alpha value is -7.30. The molecule has 0 bridgehead atoms. The fourth-order valence-corrected chi connectivity index (χ4v) is 8.18. The number of fused-ring (bicyclic) bond motifs is 7. The molecule has 0 spiro atoms. The van der Waals surface area contributed by atoms with Crippen molar-refractivity contribution in [2.45, 2.75) is 0 Å². The third-order valence-corrected chi connectivity index (χ3v) is 10.8. The van der Waals surface area contributed by atoms with E-state index < -0.39 is 0 Å². The van der Waals surface area contributed by atoms with Crippen LogP contribution in [0.3, 0.4) is 0 Å². The van der Waals surface area contributed by atoms with Crippen molar-refractivity contribution in [3.8, 4) is 45.1 Å². The Kier molecular flexibility index (Phi) is 6.82. The van der Waals surface area contributed by atoms with Gasteiger partial charge in [-0.2, -0.15) is 0 Å². The largest absolute Gasteiger partial charge is 0.309 e. The lowest BCUT2D eigenvalue weighted by molar-refractivity contribution is 1.08. The van der Waals surface area contributed by atoms with Gasteiger partial charge in [0.05, 0.1) is 33.5 Å². The van der Waals surface area contributed by atoms with Gasteiger partial charge in [-0.05, 0) is 94.7 Å². The lowest BCUT2D eigenvalue weighted by atomic mass is 10.0. The third-order valence-electron chi connectivity index (χ3n) is 10.8. The fourth-order valence-electron chi connectivity index (χ4n) is 8.18. The minimum Gasteiger partial charge on any atom is -0.309 e. The Morgan fingerprint density at radius 1 is 0.333 bits per heavy atom. The highest BCUT2D eigenvalue weighted by atomic mass is 15.1. The molecule has 0 aliphatic carbocycles. The molecule has 0 radical (unpaired) electrons. The minimum atomic E-state index is 0.876. The van der Waals surface area contributed by atoms with Crippen LogP contribution < -0.4 is 0 Å². The number of hydrogen-bond acceptors (Lipinski definition) is 2. The minimum absolute atomic E-state index is 0.876. The van der Waals surface area contributed by atoms with Crippen LogP contribution >= 0.6 is 0 Å². The van der Waals surface area contributed by atoms with Crippen LogP contribution in [-0.4, -0.2) is 19.1 Å². The molecule has 0 fully saturated rings. The summed E-state index contributed by atoms with van der Waals surface area (Å²) >= 11 is 0. The molecule has 0 aliphatic rings. The second-order valence-electron chi connectivity index (χ2n) is 13.9. The molecular formula is C50H32N4. The molecule has 4 nitrogen and oxygen atoms in total. The monoisotopic (exact) mass is 688 g/mol. The molecule has 11 aromatic rings. The van der Waals surface area contributed by atoms with Crippen LogP contribution in [0.2, 0.25) is 0 Å². The summed E-state index contributed by atoms with van der Waals surface area (Å²) in [6.07, 6.45) is 1.92. The Morgan fingerprint density at radius 3 is 1.67 bits per heavy atom. The molecule has 0 unspecified atom stereocenters. The Morgan fingerprint density at radius 2 is 0.944 bits per heavy atom. The number of nitrogens with zero attached hydrogens (tertiary/aromatic N) is 4. The van der Waals surface area contributed by atoms with Crippen LogP contribution in [0.25, 0.3) is 99.5 Å². The van der Waals surface area contributed by atoms with E-state index in [9.17, 15) is 0 Å². The van der Waals surface area contributed by atoms with Crippen LogP contribution in [0, 0.1) is 0 Å². The van der Waals surface area contributed by atoms with Gasteiger partial charge in [-0.15, -0.1) is 0 Å². The van der Waals surface area contributed by atoms with Gasteiger partial charge in [-0.3, -0.25) is 9.55 Å². The summed E-state index contributed by atoms with van der Waals surface area (Å²) in [5.74, 6) is 0.876. The number of para-hydroxylation sites is 2.